The molecule has 0 fully saturated rings. The molecule has 1 heterocycles. The van der Waals surface area contributed by atoms with Crippen molar-refractivity contribution in [1.29, 1.82) is 0 Å². The van der Waals surface area contributed by atoms with E-state index in [0.717, 1.165) is 5.56 Å². The van der Waals surface area contributed by atoms with Crippen molar-refractivity contribution < 1.29 is 23.0 Å². The zero-order chi connectivity index (χ0) is 18.7. The number of hydrogen-bond acceptors (Lipinski definition) is 3. The molecule has 0 radical (unpaired) electrons. The van der Waals surface area contributed by atoms with Gasteiger partial charge in [0.1, 0.15) is 18.1 Å². The van der Waals surface area contributed by atoms with Crippen LogP contribution in [0.5, 0.6) is 5.75 Å². The Kier molecular flexibility index (Phi) is 4.93. The van der Waals surface area contributed by atoms with Gasteiger partial charge in [-0.3, -0.25) is 0 Å². The molecule has 2 aromatic carbocycles. The first-order valence-corrected chi connectivity index (χ1v) is 8.28. The van der Waals surface area contributed by atoms with E-state index in [-0.39, 0.29) is 6.61 Å². The number of H-pyrrole nitrogens is 1. The molecular weight excluding hydrogens is 340 g/mol. The molecule has 3 aromatic rings. The molecule has 6 heteroatoms. The van der Waals surface area contributed by atoms with Crippen molar-refractivity contribution in [2.24, 2.45) is 0 Å². The summed E-state index contributed by atoms with van der Waals surface area (Å²) in [5, 5.41) is 0.578. The molecule has 0 atom stereocenters. The molecule has 0 saturated carbocycles. The molecule has 1 aromatic heterocycles. The van der Waals surface area contributed by atoms with E-state index < -0.39 is 17.6 Å². The number of benzene rings is 2. The van der Waals surface area contributed by atoms with Crippen LogP contribution in [0, 0.1) is 6.92 Å². The quantitative estimate of drug-likeness (QED) is 0.649. The van der Waals surface area contributed by atoms with Gasteiger partial charge >= 0.3 is 11.9 Å². The lowest BCUT2D eigenvalue weighted by Gasteiger charge is -2.14. The van der Waals surface area contributed by atoms with Crippen molar-refractivity contribution in [3.05, 3.63) is 65.4 Å². The van der Waals surface area contributed by atoms with Crippen LogP contribution in [0.15, 0.2) is 48.5 Å². The highest BCUT2D eigenvalue weighted by atomic mass is 19.3. The topological polar surface area (TPSA) is 51.3 Å². The second-order valence-electron chi connectivity index (χ2n) is 5.90. The van der Waals surface area contributed by atoms with Gasteiger partial charge in [-0.25, -0.2) is 4.79 Å². The largest absolute Gasteiger partial charge is 0.489 e. The van der Waals surface area contributed by atoms with Crippen LogP contribution in [-0.4, -0.2) is 17.6 Å². The lowest BCUT2D eigenvalue weighted by atomic mass is 10.1. The van der Waals surface area contributed by atoms with Crippen LogP contribution in [0.1, 0.15) is 23.7 Å². The van der Waals surface area contributed by atoms with E-state index in [2.05, 4.69) is 9.72 Å². The number of aromatic amines is 1. The fourth-order valence-corrected chi connectivity index (χ4v) is 2.77. The van der Waals surface area contributed by atoms with Gasteiger partial charge in [-0.05, 0) is 43.2 Å². The number of halogens is 2. The molecule has 0 unspecified atom stereocenters. The van der Waals surface area contributed by atoms with E-state index in [1.165, 1.54) is 6.92 Å². The van der Waals surface area contributed by atoms with Crippen molar-refractivity contribution in [2.45, 2.75) is 26.4 Å². The zero-order valence-electron chi connectivity index (χ0n) is 14.5. The fraction of sp³-hybridized carbons (Fsp3) is 0.250. The standard InChI is InChI=1S/C20H19F2NO3/c1-3-25-19(24)20(21,22)18-13(2)16-11-15(9-10-17(16)23-18)26-12-14-7-5-4-6-8-14/h4-11,23H,3,12H2,1-2H3. The van der Waals surface area contributed by atoms with Gasteiger partial charge in [0.05, 0.1) is 6.61 Å². The lowest BCUT2D eigenvalue weighted by Crippen LogP contribution is -2.29. The maximum atomic E-state index is 14.4. The molecule has 26 heavy (non-hydrogen) atoms. The minimum absolute atomic E-state index is 0.106. The molecule has 0 aliphatic rings. The summed E-state index contributed by atoms with van der Waals surface area (Å²) < 4.78 is 39.0. The highest BCUT2D eigenvalue weighted by Crippen LogP contribution is 2.36. The van der Waals surface area contributed by atoms with Gasteiger partial charge in [0.25, 0.3) is 0 Å². The van der Waals surface area contributed by atoms with E-state index in [0.29, 0.717) is 28.8 Å². The third-order valence-electron chi connectivity index (χ3n) is 4.12. The first-order chi connectivity index (χ1) is 12.4. The summed E-state index contributed by atoms with van der Waals surface area (Å²) in [7, 11) is 0. The minimum Gasteiger partial charge on any atom is -0.489 e. The van der Waals surface area contributed by atoms with E-state index in [1.54, 1.807) is 25.1 Å². The molecule has 0 aliphatic carbocycles. The normalized spacial score (nSPS) is 11.5. The molecule has 0 amide bonds. The first-order valence-electron chi connectivity index (χ1n) is 8.28. The number of aromatic nitrogens is 1. The summed E-state index contributed by atoms with van der Waals surface area (Å²) in [6.07, 6.45) is 0. The number of hydrogen-bond donors (Lipinski definition) is 1. The molecule has 0 spiro atoms. The molecule has 0 bridgehead atoms. The molecule has 0 aliphatic heterocycles. The minimum atomic E-state index is -3.73. The highest BCUT2D eigenvalue weighted by molar-refractivity contribution is 5.89. The van der Waals surface area contributed by atoms with Crippen LogP contribution in [0.25, 0.3) is 10.9 Å². The van der Waals surface area contributed by atoms with E-state index >= 15 is 0 Å². The Bertz CT molecular complexity index is 919. The van der Waals surface area contributed by atoms with Gasteiger partial charge in [-0.2, -0.15) is 8.78 Å². The predicted octanol–water partition coefficient (Wildman–Crippen LogP) is 4.71. The Morgan fingerprint density at radius 3 is 2.58 bits per heavy atom. The number of carbonyl (C=O) groups is 1. The second kappa shape index (κ2) is 7.15. The number of alkyl halides is 2. The molecule has 1 N–H and O–H groups in total. The summed E-state index contributed by atoms with van der Waals surface area (Å²) in [6.45, 7) is 3.30. The second-order valence-corrected chi connectivity index (χ2v) is 5.90. The van der Waals surface area contributed by atoms with Gasteiger partial charge in [0.15, 0.2) is 0 Å². The van der Waals surface area contributed by atoms with E-state index in [1.807, 2.05) is 30.3 Å². The SMILES string of the molecule is CCOC(=O)C(F)(F)c1[nH]c2ccc(OCc3ccccc3)cc2c1C. The maximum absolute atomic E-state index is 14.4. The Morgan fingerprint density at radius 2 is 1.88 bits per heavy atom. The smallest absolute Gasteiger partial charge is 0.383 e. The molecule has 136 valence electrons. The van der Waals surface area contributed by atoms with Gasteiger partial charge in [0.2, 0.25) is 0 Å². The number of rotatable bonds is 6. The average Bonchev–Trinajstić information content (AvgIpc) is 2.98. The van der Waals surface area contributed by atoms with E-state index in [9.17, 15) is 13.6 Å². The number of aryl methyl sites for hydroxylation is 1. The van der Waals surface area contributed by atoms with Crippen molar-refractivity contribution >= 4 is 16.9 Å². The third-order valence-corrected chi connectivity index (χ3v) is 4.12. The Balaban J connectivity index is 1.88. The third kappa shape index (κ3) is 3.40. The van der Waals surface area contributed by atoms with Crippen LogP contribution < -0.4 is 4.74 Å². The lowest BCUT2D eigenvalue weighted by molar-refractivity contribution is -0.173. The van der Waals surface area contributed by atoms with Crippen molar-refractivity contribution in [2.75, 3.05) is 6.61 Å². The number of nitrogens with one attached hydrogen (secondary N) is 1. The summed E-state index contributed by atoms with van der Waals surface area (Å²) in [4.78, 5) is 14.2. The summed E-state index contributed by atoms with van der Waals surface area (Å²) >= 11 is 0. The van der Waals surface area contributed by atoms with Crippen LogP contribution in [-0.2, 0) is 22.1 Å². The highest BCUT2D eigenvalue weighted by Gasteiger charge is 2.45. The van der Waals surface area contributed by atoms with Crippen LogP contribution in [0.4, 0.5) is 8.78 Å². The van der Waals surface area contributed by atoms with E-state index in [4.69, 9.17) is 4.74 Å². The average molecular weight is 359 g/mol. The Labute approximate surface area is 149 Å². The predicted molar refractivity (Wildman–Crippen MR) is 94.3 cm³/mol. The summed E-state index contributed by atoms with van der Waals surface area (Å²) in [5.41, 5.74) is 1.36. The number of fused-ring (bicyclic) bond motifs is 1. The zero-order valence-corrected chi connectivity index (χ0v) is 14.5. The number of carbonyl (C=O) groups excluding carboxylic acids is 1. The van der Waals surface area contributed by atoms with Crippen molar-refractivity contribution in [3.63, 3.8) is 0 Å². The van der Waals surface area contributed by atoms with Gasteiger partial charge in [-0.15, -0.1) is 0 Å². The molecule has 3 rings (SSSR count). The first kappa shape index (κ1) is 17.9. The molecule has 0 saturated heterocycles. The van der Waals surface area contributed by atoms with Crippen LogP contribution in [0.2, 0.25) is 0 Å². The van der Waals surface area contributed by atoms with Gasteiger partial charge in [-0.1, -0.05) is 30.3 Å². The summed E-state index contributed by atoms with van der Waals surface area (Å²) in [5.74, 6) is -4.73. The van der Waals surface area contributed by atoms with Crippen LogP contribution >= 0.6 is 0 Å². The molecule has 4 nitrogen and oxygen atoms in total. The van der Waals surface area contributed by atoms with Gasteiger partial charge in [0, 0.05) is 10.9 Å². The van der Waals surface area contributed by atoms with Crippen molar-refractivity contribution in [1.82, 2.24) is 4.98 Å². The summed E-state index contributed by atoms with van der Waals surface area (Å²) in [6, 6.07) is 14.7. The number of ether oxygens (including phenoxy) is 2. The monoisotopic (exact) mass is 359 g/mol. The van der Waals surface area contributed by atoms with Crippen LogP contribution in [0.3, 0.4) is 0 Å². The fourth-order valence-electron chi connectivity index (χ4n) is 2.77. The Morgan fingerprint density at radius 1 is 1.15 bits per heavy atom. The van der Waals surface area contributed by atoms with Crippen molar-refractivity contribution in [3.8, 4) is 5.75 Å². The van der Waals surface area contributed by atoms with Gasteiger partial charge < -0.3 is 14.5 Å². The Hall–Kier alpha value is -2.89. The maximum Gasteiger partial charge on any atom is 0.383 e. The number of esters is 1. The molecular formula is C20H19F2NO3.